The highest BCUT2D eigenvalue weighted by Crippen LogP contribution is 2.32. The van der Waals surface area contributed by atoms with E-state index in [9.17, 15) is 4.79 Å². The van der Waals surface area contributed by atoms with Crippen molar-refractivity contribution in [1.82, 2.24) is 0 Å². The molecule has 0 heterocycles. The van der Waals surface area contributed by atoms with E-state index in [4.69, 9.17) is 21.4 Å². The minimum atomic E-state index is -1.08. The lowest BCUT2D eigenvalue weighted by molar-refractivity contribution is 0.0696. The molecule has 18 heavy (non-hydrogen) atoms. The van der Waals surface area contributed by atoms with Gasteiger partial charge < -0.3 is 9.84 Å². The molecule has 0 aromatic heterocycles. The van der Waals surface area contributed by atoms with E-state index >= 15 is 0 Å². The second-order valence-corrected chi connectivity index (χ2v) is 4.77. The molecule has 0 atom stereocenters. The van der Waals surface area contributed by atoms with Gasteiger partial charge in [-0.2, -0.15) is 0 Å². The second-order valence-electron chi connectivity index (χ2n) is 3.48. The summed E-state index contributed by atoms with van der Waals surface area (Å²) in [6.45, 7) is 0. The highest BCUT2D eigenvalue weighted by Gasteiger charge is 2.13. The Morgan fingerprint density at radius 3 is 2.44 bits per heavy atom. The highest BCUT2D eigenvalue weighted by atomic mass is 79.9. The Kier molecular flexibility index (Phi) is 3.89. The second kappa shape index (κ2) is 5.42. The Labute approximate surface area is 117 Å². The highest BCUT2D eigenvalue weighted by molar-refractivity contribution is 9.10. The molecule has 0 saturated heterocycles. The standard InChI is InChI=1S/C13H8BrClO3/c14-8-4-6-9(7-5-8)18-11-3-1-2-10(12(11)15)13(16)17/h1-7H,(H,16,17). The van der Waals surface area contributed by atoms with Gasteiger partial charge in [0.15, 0.2) is 0 Å². The topological polar surface area (TPSA) is 46.5 Å². The van der Waals surface area contributed by atoms with E-state index in [-0.39, 0.29) is 10.6 Å². The van der Waals surface area contributed by atoms with Gasteiger partial charge in [-0.15, -0.1) is 0 Å². The molecular formula is C13H8BrClO3. The molecule has 0 aliphatic heterocycles. The minimum absolute atomic E-state index is 0.0197. The van der Waals surface area contributed by atoms with Gasteiger partial charge in [-0.05, 0) is 36.4 Å². The largest absolute Gasteiger partial charge is 0.478 e. The quantitative estimate of drug-likeness (QED) is 0.896. The molecule has 0 amide bonds. The van der Waals surface area contributed by atoms with Crippen molar-refractivity contribution in [3.8, 4) is 11.5 Å². The third-order valence-electron chi connectivity index (χ3n) is 2.24. The molecule has 5 heteroatoms. The SMILES string of the molecule is O=C(O)c1cccc(Oc2ccc(Br)cc2)c1Cl. The molecule has 3 nitrogen and oxygen atoms in total. The van der Waals surface area contributed by atoms with Crippen LogP contribution in [0.3, 0.4) is 0 Å². The molecule has 0 unspecified atom stereocenters. The summed E-state index contributed by atoms with van der Waals surface area (Å²) in [6.07, 6.45) is 0. The van der Waals surface area contributed by atoms with Crippen LogP contribution >= 0.6 is 27.5 Å². The van der Waals surface area contributed by atoms with Crippen LogP contribution in [0, 0.1) is 0 Å². The number of benzene rings is 2. The van der Waals surface area contributed by atoms with Crippen LogP contribution in [-0.2, 0) is 0 Å². The zero-order chi connectivity index (χ0) is 13.1. The Morgan fingerprint density at radius 1 is 1.17 bits per heavy atom. The Bertz CT molecular complexity index is 581. The normalized spacial score (nSPS) is 10.1. The number of carboxylic acid groups (broad SMARTS) is 1. The molecule has 0 aliphatic carbocycles. The summed E-state index contributed by atoms with van der Waals surface area (Å²) in [5.41, 5.74) is 0.0197. The Balaban J connectivity index is 2.32. The van der Waals surface area contributed by atoms with Gasteiger partial charge in [-0.3, -0.25) is 0 Å². The maximum absolute atomic E-state index is 10.9. The van der Waals surface area contributed by atoms with E-state index in [0.717, 1.165) is 4.47 Å². The van der Waals surface area contributed by atoms with Gasteiger partial charge in [-0.1, -0.05) is 33.6 Å². The van der Waals surface area contributed by atoms with Crippen molar-refractivity contribution in [3.63, 3.8) is 0 Å². The van der Waals surface area contributed by atoms with Crippen LogP contribution in [0.1, 0.15) is 10.4 Å². The summed E-state index contributed by atoms with van der Waals surface area (Å²) in [6, 6.07) is 11.8. The molecular weight excluding hydrogens is 319 g/mol. The maximum Gasteiger partial charge on any atom is 0.337 e. The lowest BCUT2D eigenvalue weighted by Crippen LogP contribution is -1.98. The van der Waals surface area contributed by atoms with Gasteiger partial charge in [0.2, 0.25) is 0 Å². The number of rotatable bonds is 3. The van der Waals surface area contributed by atoms with Gasteiger partial charge in [0.25, 0.3) is 0 Å². The van der Waals surface area contributed by atoms with Crippen LogP contribution in [0.2, 0.25) is 5.02 Å². The third kappa shape index (κ3) is 2.83. The Morgan fingerprint density at radius 2 is 1.83 bits per heavy atom. The van der Waals surface area contributed by atoms with Crippen molar-refractivity contribution >= 4 is 33.5 Å². The lowest BCUT2D eigenvalue weighted by atomic mass is 10.2. The summed E-state index contributed by atoms with van der Waals surface area (Å²) >= 11 is 9.29. The third-order valence-corrected chi connectivity index (χ3v) is 3.15. The molecule has 0 fully saturated rings. The molecule has 2 aromatic rings. The lowest BCUT2D eigenvalue weighted by Gasteiger charge is -2.09. The summed E-state index contributed by atoms with van der Waals surface area (Å²) in [5.74, 6) is -0.178. The summed E-state index contributed by atoms with van der Waals surface area (Å²) < 4.78 is 6.47. The fraction of sp³-hybridized carbons (Fsp3) is 0. The van der Waals surface area contributed by atoms with Gasteiger partial charge in [0.05, 0.1) is 10.6 Å². The number of hydrogen-bond donors (Lipinski definition) is 1. The number of hydrogen-bond acceptors (Lipinski definition) is 2. The average Bonchev–Trinajstić information content (AvgIpc) is 2.34. The van der Waals surface area contributed by atoms with Gasteiger partial charge >= 0.3 is 5.97 Å². The monoisotopic (exact) mass is 326 g/mol. The summed E-state index contributed by atoms with van der Waals surface area (Å²) in [4.78, 5) is 10.9. The van der Waals surface area contributed by atoms with E-state index in [2.05, 4.69) is 15.9 Å². The van der Waals surface area contributed by atoms with Crippen molar-refractivity contribution in [2.45, 2.75) is 0 Å². The van der Waals surface area contributed by atoms with Gasteiger partial charge in [0.1, 0.15) is 11.5 Å². The van der Waals surface area contributed by atoms with Crippen molar-refractivity contribution < 1.29 is 14.6 Å². The first-order chi connectivity index (χ1) is 8.58. The predicted molar refractivity (Wildman–Crippen MR) is 72.6 cm³/mol. The van der Waals surface area contributed by atoms with E-state index in [1.54, 1.807) is 24.3 Å². The number of aromatic carboxylic acids is 1. The zero-order valence-electron chi connectivity index (χ0n) is 9.06. The maximum atomic E-state index is 10.9. The van der Waals surface area contributed by atoms with E-state index in [1.807, 2.05) is 12.1 Å². The van der Waals surface area contributed by atoms with Gasteiger partial charge in [0, 0.05) is 4.47 Å². The number of ether oxygens (including phenoxy) is 1. The first-order valence-electron chi connectivity index (χ1n) is 5.03. The molecule has 2 aromatic carbocycles. The van der Waals surface area contributed by atoms with Gasteiger partial charge in [-0.25, -0.2) is 4.79 Å². The van der Waals surface area contributed by atoms with Crippen LogP contribution in [0.4, 0.5) is 0 Å². The van der Waals surface area contributed by atoms with Crippen molar-refractivity contribution in [2.75, 3.05) is 0 Å². The number of carbonyl (C=O) groups is 1. The van der Waals surface area contributed by atoms with Crippen LogP contribution in [0.15, 0.2) is 46.9 Å². The molecule has 0 aliphatic rings. The first kappa shape index (κ1) is 12.9. The molecule has 2 rings (SSSR count). The zero-order valence-corrected chi connectivity index (χ0v) is 11.4. The van der Waals surface area contributed by atoms with E-state index in [0.29, 0.717) is 11.5 Å². The number of carboxylic acids is 1. The molecule has 0 saturated carbocycles. The molecule has 0 spiro atoms. The minimum Gasteiger partial charge on any atom is -0.478 e. The van der Waals surface area contributed by atoms with Crippen LogP contribution in [0.25, 0.3) is 0 Å². The average molecular weight is 328 g/mol. The van der Waals surface area contributed by atoms with Crippen molar-refractivity contribution in [3.05, 3.63) is 57.5 Å². The summed E-state index contributed by atoms with van der Waals surface area (Å²) in [5, 5.41) is 9.04. The molecule has 0 bridgehead atoms. The van der Waals surface area contributed by atoms with Crippen molar-refractivity contribution in [1.29, 1.82) is 0 Å². The number of halogens is 2. The first-order valence-corrected chi connectivity index (χ1v) is 6.20. The van der Waals surface area contributed by atoms with E-state index < -0.39 is 5.97 Å². The fourth-order valence-electron chi connectivity index (χ4n) is 1.38. The fourth-order valence-corrected chi connectivity index (χ4v) is 1.89. The van der Waals surface area contributed by atoms with E-state index in [1.165, 1.54) is 6.07 Å². The Hall–Kier alpha value is -1.52. The van der Waals surface area contributed by atoms with Crippen LogP contribution < -0.4 is 4.74 Å². The molecule has 0 radical (unpaired) electrons. The summed E-state index contributed by atoms with van der Waals surface area (Å²) in [7, 11) is 0. The smallest absolute Gasteiger partial charge is 0.337 e. The predicted octanol–water partition coefficient (Wildman–Crippen LogP) is 4.59. The molecule has 92 valence electrons. The van der Waals surface area contributed by atoms with Crippen molar-refractivity contribution in [2.24, 2.45) is 0 Å². The molecule has 1 N–H and O–H groups in total. The van der Waals surface area contributed by atoms with Crippen LogP contribution in [-0.4, -0.2) is 11.1 Å². The van der Waals surface area contributed by atoms with Crippen LogP contribution in [0.5, 0.6) is 11.5 Å².